The first-order chi connectivity index (χ1) is 14.2. The van der Waals surface area contributed by atoms with Crippen LogP contribution in [0.5, 0.6) is 0 Å². The molecule has 1 aliphatic heterocycles. The number of amides is 1. The van der Waals surface area contributed by atoms with E-state index in [1.807, 2.05) is 55.5 Å². The molecule has 2 aromatic carbocycles. The molecular weight excluding hydrogens is 366 g/mol. The van der Waals surface area contributed by atoms with Crippen LogP contribution in [0.2, 0.25) is 0 Å². The minimum atomic E-state index is -0.291. The van der Waals surface area contributed by atoms with Crippen molar-refractivity contribution in [2.45, 2.75) is 6.92 Å². The summed E-state index contributed by atoms with van der Waals surface area (Å²) in [6, 6.07) is 19.1. The molecule has 0 bridgehead atoms. The Balaban J connectivity index is 1.46. The molecule has 0 saturated carbocycles. The van der Waals surface area contributed by atoms with Crippen molar-refractivity contribution >= 4 is 28.8 Å². The fourth-order valence-electron chi connectivity index (χ4n) is 3.22. The van der Waals surface area contributed by atoms with Gasteiger partial charge in [-0.2, -0.15) is 0 Å². The zero-order valence-electron chi connectivity index (χ0n) is 16.3. The standard InChI is InChI=1S/C22H23N5O2/c1-16-6-2-3-7-17(16)23-21-11-10-19(25-26-21)22(28)24-18-8-4-5-9-20(18)27-12-14-29-15-13-27/h2-11H,12-15H2,1H3,(H,23,26)(H,24,28). The van der Waals surface area contributed by atoms with E-state index in [1.165, 1.54) is 0 Å². The predicted octanol–water partition coefficient (Wildman–Crippen LogP) is 3.62. The Morgan fingerprint density at radius 1 is 0.931 bits per heavy atom. The Bertz CT molecular complexity index is 985. The number of anilines is 4. The van der Waals surface area contributed by atoms with Gasteiger partial charge < -0.3 is 20.3 Å². The fourth-order valence-corrected chi connectivity index (χ4v) is 3.22. The summed E-state index contributed by atoms with van der Waals surface area (Å²) in [6.45, 7) is 4.98. The van der Waals surface area contributed by atoms with Crippen molar-refractivity contribution in [2.75, 3.05) is 41.8 Å². The maximum atomic E-state index is 12.7. The van der Waals surface area contributed by atoms with E-state index in [9.17, 15) is 4.79 Å². The largest absolute Gasteiger partial charge is 0.378 e. The van der Waals surface area contributed by atoms with Crippen molar-refractivity contribution in [2.24, 2.45) is 0 Å². The Kier molecular flexibility index (Phi) is 5.67. The Morgan fingerprint density at radius 3 is 2.38 bits per heavy atom. The zero-order chi connectivity index (χ0) is 20.1. The number of carbonyl (C=O) groups is 1. The minimum absolute atomic E-state index is 0.261. The molecule has 0 unspecified atom stereocenters. The molecular formula is C22H23N5O2. The molecule has 1 amide bonds. The number of nitrogens with zero attached hydrogens (tertiary/aromatic N) is 3. The molecule has 1 saturated heterocycles. The number of nitrogens with one attached hydrogen (secondary N) is 2. The molecule has 2 N–H and O–H groups in total. The summed E-state index contributed by atoms with van der Waals surface area (Å²) in [5, 5.41) is 14.4. The zero-order valence-corrected chi connectivity index (χ0v) is 16.3. The third kappa shape index (κ3) is 4.52. The van der Waals surface area contributed by atoms with Gasteiger partial charge in [0.1, 0.15) is 0 Å². The molecule has 0 spiro atoms. The monoisotopic (exact) mass is 389 g/mol. The van der Waals surface area contributed by atoms with Crippen LogP contribution in [-0.4, -0.2) is 42.4 Å². The van der Waals surface area contributed by atoms with Crippen LogP contribution < -0.4 is 15.5 Å². The Labute approximate surface area is 169 Å². The second-order valence-corrected chi connectivity index (χ2v) is 6.81. The van der Waals surface area contributed by atoms with E-state index in [0.29, 0.717) is 19.0 Å². The third-order valence-electron chi connectivity index (χ3n) is 4.81. The molecule has 4 rings (SSSR count). The minimum Gasteiger partial charge on any atom is -0.378 e. The van der Waals surface area contributed by atoms with E-state index in [0.717, 1.165) is 35.7 Å². The summed E-state index contributed by atoms with van der Waals surface area (Å²) < 4.78 is 5.42. The maximum absolute atomic E-state index is 12.7. The van der Waals surface area contributed by atoms with Crippen molar-refractivity contribution in [1.29, 1.82) is 0 Å². The number of rotatable bonds is 5. The smallest absolute Gasteiger partial charge is 0.276 e. The van der Waals surface area contributed by atoms with Gasteiger partial charge in [-0.15, -0.1) is 10.2 Å². The molecule has 1 aromatic heterocycles. The molecule has 0 radical (unpaired) electrons. The van der Waals surface area contributed by atoms with E-state index in [4.69, 9.17) is 4.74 Å². The van der Waals surface area contributed by atoms with E-state index >= 15 is 0 Å². The van der Waals surface area contributed by atoms with E-state index in [-0.39, 0.29) is 11.6 Å². The number of hydrogen-bond donors (Lipinski definition) is 2. The summed E-state index contributed by atoms with van der Waals surface area (Å²) in [5.74, 6) is 0.296. The predicted molar refractivity (Wildman–Crippen MR) is 114 cm³/mol. The van der Waals surface area contributed by atoms with Gasteiger partial charge in [-0.3, -0.25) is 4.79 Å². The maximum Gasteiger partial charge on any atom is 0.276 e. The Morgan fingerprint density at radius 2 is 1.66 bits per heavy atom. The highest BCUT2D eigenvalue weighted by Crippen LogP contribution is 2.26. The van der Waals surface area contributed by atoms with Crippen molar-refractivity contribution < 1.29 is 9.53 Å². The molecule has 3 aromatic rings. The van der Waals surface area contributed by atoms with Gasteiger partial charge in [0.25, 0.3) is 5.91 Å². The number of aromatic nitrogens is 2. The van der Waals surface area contributed by atoms with Crippen molar-refractivity contribution in [1.82, 2.24) is 10.2 Å². The van der Waals surface area contributed by atoms with E-state index < -0.39 is 0 Å². The van der Waals surface area contributed by atoms with Crippen molar-refractivity contribution in [3.05, 3.63) is 71.9 Å². The first-order valence-electron chi connectivity index (χ1n) is 9.60. The van der Waals surface area contributed by atoms with Crippen LogP contribution in [0.25, 0.3) is 0 Å². The molecule has 2 heterocycles. The number of para-hydroxylation sites is 3. The molecule has 148 valence electrons. The van der Waals surface area contributed by atoms with Crippen LogP contribution in [0.15, 0.2) is 60.7 Å². The number of ether oxygens (including phenoxy) is 1. The topological polar surface area (TPSA) is 79.4 Å². The normalized spacial score (nSPS) is 13.8. The van der Waals surface area contributed by atoms with E-state index in [2.05, 4.69) is 25.7 Å². The highest BCUT2D eigenvalue weighted by atomic mass is 16.5. The van der Waals surface area contributed by atoms with Gasteiger partial charge in [0, 0.05) is 18.8 Å². The van der Waals surface area contributed by atoms with E-state index in [1.54, 1.807) is 12.1 Å². The van der Waals surface area contributed by atoms with Crippen LogP contribution in [0.3, 0.4) is 0 Å². The lowest BCUT2D eigenvalue weighted by Crippen LogP contribution is -2.36. The summed E-state index contributed by atoms with van der Waals surface area (Å²) >= 11 is 0. The highest BCUT2D eigenvalue weighted by Gasteiger charge is 2.17. The van der Waals surface area contributed by atoms with Crippen LogP contribution in [-0.2, 0) is 4.74 Å². The average molecular weight is 389 g/mol. The Hall–Kier alpha value is -3.45. The van der Waals surface area contributed by atoms with Crippen LogP contribution in [0.4, 0.5) is 22.9 Å². The number of hydrogen-bond acceptors (Lipinski definition) is 6. The lowest BCUT2D eigenvalue weighted by molar-refractivity contribution is 0.102. The summed E-state index contributed by atoms with van der Waals surface area (Å²) in [5.41, 5.74) is 4.06. The van der Waals surface area contributed by atoms with Gasteiger partial charge in [0.15, 0.2) is 11.5 Å². The lowest BCUT2D eigenvalue weighted by Gasteiger charge is -2.30. The first kappa shape index (κ1) is 18.9. The molecule has 7 nitrogen and oxygen atoms in total. The summed E-state index contributed by atoms with van der Waals surface area (Å²) in [6.07, 6.45) is 0. The quantitative estimate of drug-likeness (QED) is 0.694. The second-order valence-electron chi connectivity index (χ2n) is 6.81. The van der Waals surface area contributed by atoms with Gasteiger partial charge in [-0.05, 0) is 42.8 Å². The number of benzene rings is 2. The van der Waals surface area contributed by atoms with Crippen LogP contribution in [0, 0.1) is 6.92 Å². The average Bonchev–Trinajstić information content (AvgIpc) is 2.77. The van der Waals surface area contributed by atoms with Gasteiger partial charge in [0.2, 0.25) is 0 Å². The number of morpholine rings is 1. The highest BCUT2D eigenvalue weighted by molar-refractivity contribution is 6.04. The SMILES string of the molecule is Cc1ccccc1Nc1ccc(C(=O)Nc2ccccc2N2CCOCC2)nn1. The van der Waals surface area contributed by atoms with Gasteiger partial charge in [0.05, 0.1) is 24.6 Å². The second kappa shape index (κ2) is 8.70. The van der Waals surface area contributed by atoms with Crippen LogP contribution >= 0.6 is 0 Å². The fraction of sp³-hybridized carbons (Fsp3) is 0.227. The molecule has 1 fully saturated rings. The molecule has 0 aliphatic carbocycles. The number of aryl methyl sites for hydroxylation is 1. The lowest BCUT2D eigenvalue weighted by atomic mass is 10.2. The first-order valence-corrected chi connectivity index (χ1v) is 9.60. The van der Waals surface area contributed by atoms with Gasteiger partial charge in [-0.1, -0.05) is 30.3 Å². The number of carbonyl (C=O) groups excluding carboxylic acids is 1. The summed E-state index contributed by atoms with van der Waals surface area (Å²) in [4.78, 5) is 14.9. The molecule has 29 heavy (non-hydrogen) atoms. The van der Waals surface area contributed by atoms with Gasteiger partial charge >= 0.3 is 0 Å². The van der Waals surface area contributed by atoms with Crippen molar-refractivity contribution in [3.8, 4) is 0 Å². The molecule has 7 heteroatoms. The third-order valence-corrected chi connectivity index (χ3v) is 4.81. The van der Waals surface area contributed by atoms with Gasteiger partial charge in [-0.25, -0.2) is 0 Å². The molecule has 1 aliphatic rings. The van der Waals surface area contributed by atoms with Crippen molar-refractivity contribution in [3.63, 3.8) is 0 Å². The van der Waals surface area contributed by atoms with Crippen LogP contribution in [0.1, 0.15) is 16.1 Å². The summed E-state index contributed by atoms with van der Waals surface area (Å²) in [7, 11) is 0. The molecule has 0 atom stereocenters.